The molecule has 1 rings (SSSR count). The number of nitrogens with zero attached hydrogens (tertiary/aromatic N) is 1. The number of rotatable bonds is 6. The number of ether oxygens (including phenoxy) is 2. The Morgan fingerprint density at radius 1 is 1.33 bits per heavy atom. The molecule has 0 heterocycles. The molecule has 0 unspecified atom stereocenters. The number of amides is 1. The first kappa shape index (κ1) is 14.3. The molecule has 18 heavy (non-hydrogen) atoms. The van der Waals surface area contributed by atoms with E-state index in [2.05, 4.69) is 0 Å². The SMILES string of the molecule is CCOC(=O)N(CCCN)c1ccc(OC)cc1. The quantitative estimate of drug-likeness (QED) is 0.841. The molecule has 0 aromatic heterocycles. The molecule has 0 saturated heterocycles. The minimum absolute atomic E-state index is 0.351. The summed E-state index contributed by atoms with van der Waals surface area (Å²) in [5.41, 5.74) is 6.26. The van der Waals surface area contributed by atoms with Crippen molar-refractivity contribution in [2.75, 3.05) is 31.7 Å². The van der Waals surface area contributed by atoms with Crippen LogP contribution in [0.15, 0.2) is 24.3 Å². The molecule has 0 fully saturated rings. The summed E-state index contributed by atoms with van der Waals surface area (Å²) >= 11 is 0. The molecular weight excluding hydrogens is 232 g/mol. The zero-order valence-corrected chi connectivity index (χ0v) is 10.9. The van der Waals surface area contributed by atoms with Gasteiger partial charge in [0, 0.05) is 12.2 Å². The third-order valence-corrected chi connectivity index (χ3v) is 2.46. The van der Waals surface area contributed by atoms with Gasteiger partial charge in [0.2, 0.25) is 0 Å². The van der Waals surface area contributed by atoms with Crippen molar-refractivity contribution in [3.63, 3.8) is 0 Å². The van der Waals surface area contributed by atoms with E-state index in [9.17, 15) is 4.79 Å². The Kier molecular flexibility index (Phi) is 6.00. The summed E-state index contributed by atoms with van der Waals surface area (Å²) in [5, 5.41) is 0. The maximum absolute atomic E-state index is 11.8. The lowest BCUT2D eigenvalue weighted by molar-refractivity contribution is 0.159. The standard InChI is InChI=1S/C13H20N2O3/c1-3-18-13(16)15(10-4-9-14)11-5-7-12(17-2)8-6-11/h5-8H,3-4,9-10,14H2,1-2H3. The summed E-state index contributed by atoms with van der Waals surface area (Å²) < 4.78 is 10.1. The van der Waals surface area contributed by atoms with Crippen LogP contribution in [0.3, 0.4) is 0 Å². The van der Waals surface area contributed by atoms with Crippen molar-refractivity contribution >= 4 is 11.8 Å². The highest BCUT2D eigenvalue weighted by atomic mass is 16.6. The van der Waals surface area contributed by atoms with Gasteiger partial charge in [-0.1, -0.05) is 0 Å². The number of methoxy groups -OCH3 is 1. The summed E-state index contributed by atoms with van der Waals surface area (Å²) in [6, 6.07) is 7.27. The number of carbonyl (C=O) groups excluding carboxylic acids is 1. The van der Waals surface area contributed by atoms with Crippen LogP contribution in [0.4, 0.5) is 10.5 Å². The zero-order valence-electron chi connectivity index (χ0n) is 10.9. The van der Waals surface area contributed by atoms with Crippen LogP contribution in [-0.2, 0) is 4.74 Å². The van der Waals surface area contributed by atoms with Crippen LogP contribution in [0.2, 0.25) is 0 Å². The molecule has 100 valence electrons. The van der Waals surface area contributed by atoms with Gasteiger partial charge in [0.15, 0.2) is 0 Å². The number of anilines is 1. The fourth-order valence-electron chi connectivity index (χ4n) is 1.54. The van der Waals surface area contributed by atoms with E-state index >= 15 is 0 Å². The van der Waals surface area contributed by atoms with Crippen molar-refractivity contribution < 1.29 is 14.3 Å². The van der Waals surface area contributed by atoms with Crippen LogP contribution in [0.25, 0.3) is 0 Å². The van der Waals surface area contributed by atoms with E-state index in [0.29, 0.717) is 19.7 Å². The Balaban J connectivity index is 2.82. The Hall–Kier alpha value is -1.75. The van der Waals surface area contributed by atoms with Crippen LogP contribution in [0.5, 0.6) is 5.75 Å². The van der Waals surface area contributed by atoms with Gasteiger partial charge in [-0.15, -0.1) is 0 Å². The molecule has 5 heteroatoms. The summed E-state index contributed by atoms with van der Waals surface area (Å²) in [4.78, 5) is 13.4. The Labute approximate surface area is 107 Å². The number of carbonyl (C=O) groups is 1. The largest absolute Gasteiger partial charge is 0.497 e. The molecule has 0 saturated carbocycles. The van der Waals surface area contributed by atoms with Crippen LogP contribution in [0.1, 0.15) is 13.3 Å². The second-order valence-electron chi connectivity index (χ2n) is 3.69. The van der Waals surface area contributed by atoms with Gasteiger partial charge in [0.25, 0.3) is 0 Å². The van der Waals surface area contributed by atoms with Gasteiger partial charge in [-0.05, 0) is 44.2 Å². The first-order chi connectivity index (χ1) is 8.72. The summed E-state index contributed by atoms with van der Waals surface area (Å²) in [5.74, 6) is 0.751. The van der Waals surface area contributed by atoms with Crippen LogP contribution >= 0.6 is 0 Å². The molecule has 1 aromatic carbocycles. The fraction of sp³-hybridized carbons (Fsp3) is 0.462. The van der Waals surface area contributed by atoms with Crippen LogP contribution in [-0.4, -0.2) is 32.9 Å². The number of benzene rings is 1. The highest BCUT2D eigenvalue weighted by Gasteiger charge is 2.16. The topological polar surface area (TPSA) is 64.8 Å². The van der Waals surface area contributed by atoms with Crippen molar-refractivity contribution in [3.05, 3.63) is 24.3 Å². The molecule has 1 aromatic rings. The van der Waals surface area contributed by atoms with Crippen LogP contribution < -0.4 is 15.4 Å². The summed E-state index contributed by atoms with van der Waals surface area (Å²) in [6.07, 6.45) is 0.376. The zero-order chi connectivity index (χ0) is 13.4. The van der Waals surface area contributed by atoms with E-state index in [1.807, 2.05) is 24.3 Å². The highest BCUT2D eigenvalue weighted by Crippen LogP contribution is 2.20. The van der Waals surface area contributed by atoms with E-state index in [4.69, 9.17) is 15.2 Å². The number of nitrogens with two attached hydrogens (primary N) is 1. The first-order valence-electron chi connectivity index (χ1n) is 6.01. The second kappa shape index (κ2) is 7.55. The Bertz CT molecular complexity index is 365. The first-order valence-corrected chi connectivity index (χ1v) is 6.01. The molecule has 0 radical (unpaired) electrons. The van der Waals surface area contributed by atoms with Crippen molar-refractivity contribution in [1.82, 2.24) is 0 Å². The lowest BCUT2D eigenvalue weighted by Crippen LogP contribution is -2.33. The third kappa shape index (κ3) is 3.92. The van der Waals surface area contributed by atoms with E-state index in [1.165, 1.54) is 0 Å². The molecule has 0 aliphatic rings. The number of hydrogen-bond donors (Lipinski definition) is 1. The lowest BCUT2D eigenvalue weighted by Gasteiger charge is -2.21. The third-order valence-electron chi connectivity index (χ3n) is 2.46. The minimum atomic E-state index is -0.351. The fourth-order valence-corrected chi connectivity index (χ4v) is 1.54. The molecular formula is C13H20N2O3. The molecule has 0 aliphatic heterocycles. The molecule has 2 N–H and O–H groups in total. The van der Waals surface area contributed by atoms with Gasteiger partial charge in [0.1, 0.15) is 5.75 Å². The van der Waals surface area contributed by atoms with Gasteiger partial charge < -0.3 is 15.2 Å². The average Bonchev–Trinajstić information content (AvgIpc) is 2.40. The van der Waals surface area contributed by atoms with Gasteiger partial charge in [-0.3, -0.25) is 4.90 Å². The van der Waals surface area contributed by atoms with Gasteiger partial charge in [-0.2, -0.15) is 0 Å². The molecule has 0 aliphatic carbocycles. The van der Waals surface area contributed by atoms with E-state index in [-0.39, 0.29) is 6.09 Å². The van der Waals surface area contributed by atoms with Gasteiger partial charge >= 0.3 is 6.09 Å². The van der Waals surface area contributed by atoms with Crippen molar-refractivity contribution in [1.29, 1.82) is 0 Å². The van der Waals surface area contributed by atoms with E-state index in [1.54, 1.807) is 18.9 Å². The summed E-state index contributed by atoms with van der Waals surface area (Å²) in [6.45, 7) is 3.22. The Morgan fingerprint density at radius 2 is 2.00 bits per heavy atom. The number of hydrogen-bond acceptors (Lipinski definition) is 4. The maximum Gasteiger partial charge on any atom is 0.414 e. The smallest absolute Gasteiger partial charge is 0.414 e. The van der Waals surface area contributed by atoms with Crippen molar-refractivity contribution in [3.8, 4) is 5.75 Å². The summed E-state index contributed by atoms with van der Waals surface area (Å²) in [7, 11) is 1.60. The van der Waals surface area contributed by atoms with Gasteiger partial charge in [0.05, 0.1) is 13.7 Å². The van der Waals surface area contributed by atoms with E-state index in [0.717, 1.165) is 17.9 Å². The molecule has 1 amide bonds. The molecule has 0 bridgehead atoms. The Morgan fingerprint density at radius 3 is 2.50 bits per heavy atom. The second-order valence-corrected chi connectivity index (χ2v) is 3.69. The van der Waals surface area contributed by atoms with E-state index < -0.39 is 0 Å². The predicted molar refractivity (Wildman–Crippen MR) is 71.0 cm³/mol. The van der Waals surface area contributed by atoms with Crippen molar-refractivity contribution in [2.45, 2.75) is 13.3 Å². The normalized spacial score (nSPS) is 9.94. The predicted octanol–water partition coefficient (Wildman–Crippen LogP) is 2.01. The monoisotopic (exact) mass is 252 g/mol. The average molecular weight is 252 g/mol. The highest BCUT2D eigenvalue weighted by molar-refractivity contribution is 5.87. The van der Waals surface area contributed by atoms with Gasteiger partial charge in [-0.25, -0.2) is 4.79 Å². The molecule has 0 atom stereocenters. The molecule has 0 spiro atoms. The maximum atomic E-state index is 11.8. The minimum Gasteiger partial charge on any atom is -0.497 e. The van der Waals surface area contributed by atoms with Crippen LogP contribution in [0, 0.1) is 0 Å². The van der Waals surface area contributed by atoms with Crippen molar-refractivity contribution in [2.24, 2.45) is 5.73 Å². The lowest BCUT2D eigenvalue weighted by atomic mass is 10.2. The molecule has 5 nitrogen and oxygen atoms in total.